The van der Waals surface area contributed by atoms with Crippen LogP contribution in [0.1, 0.15) is 29.8 Å². The summed E-state index contributed by atoms with van der Waals surface area (Å²) in [6, 6.07) is 2.18. The van der Waals surface area contributed by atoms with E-state index in [4.69, 9.17) is 5.11 Å². The van der Waals surface area contributed by atoms with Crippen LogP contribution in [0.15, 0.2) is 12.3 Å². The maximum atomic E-state index is 8.84. The molecular weight excluding hydrogens is 284 g/mol. The van der Waals surface area contributed by atoms with Crippen molar-refractivity contribution in [3.63, 3.8) is 0 Å². The molecule has 0 aromatic carbocycles. The summed E-state index contributed by atoms with van der Waals surface area (Å²) in [5.41, 5.74) is 3.04. The molecule has 0 spiro atoms. The van der Waals surface area contributed by atoms with Crippen molar-refractivity contribution in [1.29, 1.82) is 0 Å². The summed E-state index contributed by atoms with van der Waals surface area (Å²) in [6.07, 6.45) is 6.00. The average molecular weight is 304 g/mol. The summed E-state index contributed by atoms with van der Waals surface area (Å²) >= 11 is 1.79. The number of hydrogen-bond acceptors (Lipinski definition) is 5. The van der Waals surface area contributed by atoms with Gasteiger partial charge in [-0.1, -0.05) is 6.42 Å². The number of fused-ring (bicyclic) bond motifs is 3. The van der Waals surface area contributed by atoms with Crippen LogP contribution in [0.5, 0.6) is 0 Å². The first-order valence-electron chi connectivity index (χ1n) is 7.29. The van der Waals surface area contributed by atoms with Crippen molar-refractivity contribution in [3.8, 4) is 0 Å². The Balaban J connectivity index is 2.00. The quantitative estimate of drug-likeness (QED) is 0.687. The van der Waals surface area contributed by atoms with Gasteiger partial charge in [0, 0.05) is 30.4 Å². The van der Waals surface area contributed by atoms with E-state index in [-0.39, 0.29) is 6.61 Å². The highest BCUT2D eigenvalue weighted by Gasteiger charge is 2.13. The third kappa shape index (κ3) is 2.61. The van der Waals surface area contributed by atoms with Crippen molar-refractivity contribution in [2.45, 2.75) is 32.6 Å². The topological polar surface area (TPSA) is 62.5 Å². The van der Waals surface area contributed by atoms with Crippen LogP contribution in [0.3, 0.4) is 0 Å². The lowest BCUT2D eigenvalue weighted by Gasteiger charge is -2.04. The molecule has 0 bridgehead atoms. The van der Waals surface area contributed by atoms with Crippen molar-refractivity contribution in [3.05, 3.63) is 22.8 Å². The van der Waals surface area contributed by atoms with E-state index in [1.165, 1.54) is 4.88 Å². The molecule has 6 heteroatoms. The molecule has 0 aliphatic heterocycles. The molecular formula is C15H20N4OS. The number of aromatic nitrogens is 3. The number of rotatable bonds is 6. The molecule has 0 saturated heterocycles. The van der Waals surface area contributed by atoms with Gasteiger partial charge in [-0.25, -0.2) is 9.97 Å². The number of aliphatic hydroxyl groups is 1. The number of unbranched alkanes of at least 4 members (excludes halogenated alkanes) is 2. The van der Waals surface area contributed by atoms with E-state index >= 15 is 0 Å². The largest absolute Gasteiger partial charge is 0.396 e. The number of nitrogens with zero attached hydrogens (tertiary/aromatic N) is 3. The fourth-order valence-electron chi connectivity index (χ4n) is 2.57. The molecule has 0 aliphatic rings. The Hall–Kier alpha value is -1.66. The van der Waals surface area contributed by atoms with Crippen LogP contribution in [0, 0.1) is 6.92 Å². The smallest absolute Gasteiger partial charge is 0.181 e. The summed E-state index contributed by atoms with van der Waals surface area (Å²) in [4.78, 5) is 11.6. The van der Waals surface area contributed by atoms with Crippen LogP contribution in [-0.4, -0.2) is 33.1 Å². The molecule has 112 valence electrons. The number of nitrogens with one attached hydrogen (secondary N) is 1. The van der Waals surface area contributed by atoms with E-state index in [0.29, 0.717) is 0 Å². The first kappa shape index (κ1) is 14.3. The lowest BCUT2D eigenvalue weighted by atomic mass is 10.2. The van der Waals surface area contributed by atoms with Crippen LogP contribution in [-0.2, 0) is 6.42 Å². The van der Waals surface area contributed by atoms with Crippen molar-refractivity contribution < 1.29 is 5.11 Å². The number of aliphatic hydroxyl groups excluding tert-OH is 1. The van der Waals surface area contributed by atoms with Crippen molar-refractivity contribution >= 4 is 33.1 Å². The highest BCUT2D eigenvalue weighted by molar-refractivity contribution is 7.18. The number of aryl methyl sites for hydroxylation is 2. The predicted molar refractivity (Wildman–Crippen MR) is 87.3 cm³/mol. The van der Waals surface area contributed by atoms with Crippen LogP contribution in [0.2, 0.25) is 0 Å². The third-order valence-corrected chi connectivity index (χ3v) is 4.82. The Kier molecular flexibility index (Phi) is 4.07. The van der Waals surface area contributed by atoms with Gasteiger partial charge in [0.2, 0.25) is 0 Å². The molecule has 3 aromatic heterocycles. The first-order valence-corrected chi connectivity index (χ1v) is 8.11. The molecule has 3 rings (SSSR count). The van der Waals surface area contributed by atoms with Gasteiger partial charge in [-0.15, -0.1) is 11.3 Å². The number of thiophene rings is 1. The Morgan fingerprint density at radius 2 is 2.19 bits per heavy atom. The van der Waals surface area contributed by atoms with Crippen LogP contribution >= 0.6 is 11.3 Å². The van der Waals surface area contributed by atoms with Gasteiger partial charge in [0.1, 0.15) is 10.3 Å². The number of imidazole rings is 1. The lowest BCUT2D eigenvalue weighted by Crippen LogP contribution is -1.98. The van der Waals surface area contributed by atoms with E-state index < -0.39 is 0 Å². The number of anilines is 1. The highest BCUT2D eigenvalue weighted by Crippen LogP contribution is 2.30. The van der Waals surface area contributed by atoms with Gasteiger partial charge in [0.25, 0.3) is 0 Å². The SMILES string of the molecule is CNc1nc2cc(CCCCCO)sc2n2c(C)cnc12. The highest BCUT2D eigenvalue weighted by atomic mass is 32.1. The van der Waals surface area contributed by atoms with Gasteiger partial charge in [-0.05, 0) is 32.3 Å². The molecule has 5 nitrogen and oxygen atoms in total. The Bertz CT molecular complexity index is 762. The predicted octanol–water partition coefficient (Wildman–Crippen LogP) is 3.00. The molecule has 2 N–H and O–H groups in total. The molecule has 0 unspecified atom stereocenters. The monoisotopic (exact) mass is 304 g/mol. The first-order chi connectivity index (χ1) is 10.2. The van der Waals surface area contributed by atoms with Crippen LogP contribution < -0.4 is 5.32 Å². The molecule has 3 aromatic rings. The summed E-state index contributed by atoms with van der Waals surface area (Å²) < 4.78 is 2.18. The molecule has 3 heterocycles. The maximum absolute atomic E-state index is 8.84. The maximum Gasteiger partial charge on any atom is 0.181 e. The molecule has 21 heavy (non-hydrogen) atoms. The second-order valence-electron chi connectivity index (χ2n) is 5.21. The van der Waals surface area contributed by atoms with Gasteiger partial charge in [0.05, 0.1) is 0 Å². The molecule has 0 amide bonds. The Morgan fingerprint density at radius 1 is 1.33 bits per heavy atom. The van der Waals surface area contributed by atoms with Crippen molar-refractivity contribution in [2.75, 3.05) is 19.0 Å². The van der Waals surface area contributed by atoms with Crippen LogP contribution in [0.25, 0.3) is 16.0 Å². The minimum atomic E-state index is 0.286. The fourth-order valence-corrected chi connectivity index (χ4v) is 3.77. The summed E-state index contributed by atoms with van der Waals surface area (Å²) in [5, 5.41) is 12.0. The summed E-state index contributed by atoms with van der Waals surface area (Å²) in [7, 11) is 1.88. The van der Waals surface area contributed by atoms with E-state index in [2.05, 4.69) is 32.7 Å². The van der Waals surface area contributed by atoms with Crippen molar-refractivity contribution in [2.24, 2.45) is 0 Å². The molecule has 0 fully saturated rings. The Labute approximate surface area is 127 Å². The Morgan fingerprint density at radius 3 is 2.95 bits per heavy atom. The normalized spacial score (nSPS) is 11.6. The summed E-state index contributed by atoms with van der Waals surface area (Å²) in [5.74, 6) is 0.820. The summed E-state index contributed by atoms with van der Waals surface area (Å²) in [6.45, 7) is 2.36. The van der Waals surface area contributed by atoms with Gasteiger partial charge in [-0.3, -0.25) is 4.40 Å². The minimum Gasteiger partial charge on any atom is -0.396 e. The van der Waals surface area contributed by atoms with E-state index in [1.54, 1.807) is 11.3 Å². The minimum absolute atomic E-state index is 0.286. The number of hydrogen-bond donors (Lipinski definition) is 2. The van der Waals surface area contributed by atoms with Gasteiger partial charge in [-0.2, -0.15) is 0 Å². The van der Waals surface area contributed by atoms with E-state index in [0.717, 1.165) is 53.2 Å². The van der Waals surface area contributed by atoms with Gasteiger partial charge < -0.3 is 10.4 Å². The van der Waals surface area contributed by atoms with E-state index in [1.807, 2.05) is 13.2 Å². The zero-order chi connectivity index (χ0) is 14.8. The van der Waals surface area contributed by atoms with Crippen LogP contribution in [0.4, 0.5) is 5.82 Å². The average Bonchev–Trinajstić information content (AvgIpc) is 3.06. The standard InChI is InChI=1S/C15H20N4OS/c1-10-9-17-14-13(16-2)18-12-8-11(6-4-3-5-7-20)21-15(12)19(10)14/h8-9,20H,3-7H2,1-2H3,(H,16,18). The molecule has 0 atom stereocenters. The van der Waals surface area contributed by atoms with Gasteiger partial charge in [0.15, 0.2) is 11.5 Å². The van der Waals surface area contributed by atoms with Gasteiger partial charge >= 0.3 is 0 Å². The molecule has 0 aliphatic carbocycles. The second kappa shape index (κ2) is 5.99. The van der Waals surface area contributed by atoms with Crippen molar-refractivity contribution in [1.82, 2.24) is 14.4 Å². The molecule has 0 saturated carbocycles. The zero-order valence-corrected chi connectivity index (χ0v) is 13.2. The van der Waals surface area contributed by atoms with E-state index in [9.17, 15) is 0 Å². The third-order valence-electron chi connectivity index (χ3n) is 3.65. The second-order valence-corrected chi connectivity index (χ2v) is 6.32. The fraction of sp³-hybridized carbons (Fsp3) is 0.467. The molecule has 0 radical (unpaired) electrons. The zero-order valence-electron chi connectivity index (χ0n) is 12.4. The lowest BCUT2D eigenvalue weighted by molar-refractivity contribution is 0.283.